The van der Waals surface area contributed by atoms with Gasteiger partial charge in [0.15, 0.2) is 9.84 Å². The monoisotopic (exact) mass is 227 g/mol. The van der Waals surface area contributed by atoms with Crippen molar-refractivity contribution >= 4 is 27.3 Å². The van der Waals surface area contributed by atoms with E-state index in [1.54, 1.807) is 0 Å². The van der Waals surface area contributed by atoms with Gasteiger partial charge in [0.25, 0.3) is 0 Å². The molecule has 0 spiro atoms. The zero-order valence-corrected chi connectivity index (χ0v) is 9.28. The van der Waals surface area contributed by atoms with Gasteiger partial charge in [-0.3, -0.25) is 4.79 Å². The van der Waals surface area contributed by atoms with Crippen molar-refractivity contribution < 1.29 is 13.2 Å². The Morgan fingerprint density at radius 2 is 2.08 bits per heavy atom. The quantitative estimate of drug-likeness (QED) is 0.681. The molecule has 0 saturated carbocycles. The maximum atomic E-state index is 10.9. The second-order valence-electron chi connectivity index (χ2n) is 2.99. The maximum absolute atomic E-state index is 10.9. The topological polar surface area (TPSA) is 63.2 Å². The molecule has 6 heteroatoms. The Balaban J connectivity index is 3.65. The molecular weight excluding hydrogens is 214 g/mol. The lowest BCUT2D eigenvalue weighted by molar-refractivity contribution is -0.118. The van der Waals surface area contributed by atoms with Gasteiger partial charge >= 0.3 is 0 Å². The summed E-state index contributed by atoms with van der Waals surface area (Å²) in [7, 11) is -3.22. The van der Waals surface area contributed by atoms with E-state index in [1.165, 1.54) is 0 Å². The Morgan fingerprint density at radius 3 is 2.46 bits per heavy atom. The largest absolute Gasteiger partial charge is 0.355 e. The fourth-order valence-electron chi connectivity index (χ4n) is 0.700. The third-order valence-electron chi connectivity index (χ3n) is 1.26. The minimum Gasteiger partial charge on any atom is -0.355 e. The van der Waals surface area contributed by atoms with Crippen LogP contribution in [-0.4, -0.2) is 38.3 Å². The maximum Gasteiger partial charge on any atom is 0.235 e. The van der Waals surface area contributed by atoms with Crippen LogP contribution in [0.2, 0.25) is 0 Å². The Labute approximate surface area is 83.6 Å². The second kappa shape index (κ2) is 5.44. The lowest BCUT2D eigenvalue weighted by Gasteiger charge is -2.04. The standard InChI is InChI=1S/C7H14ClNO3S/c1-6(8)3-4-9-7(10)5-13(2,11)12/h6H,3-5H2,1-2H3,(H,9,10). The predicted molar refractivity (Wildman–Crippen MR) is 52.7 cm³/mol. The number of carbonyl (C=O) groups is 1. The van der Waals surface area contributed by atoms with E-state index in [1.807, 2.05) is 6.92 Å². The lowest BCUT2D eigenvalue weighted by Crippen LogP contribution is -2.31. The van der Waals surface area contributed by atoms with Crippen LogP contribution in [0.1, 0.15) is 13.3 Å². The number of nitrogens with one attached hydrogen (secondary N) is 1. The van der Waals surface area contributed by atoms with Crippen molar-refractivity contribution in [1.82, 2.24) is 5.32 Å². The van der Waals surface area contributed by atoms with Crippen molar-refractivity contribution in [3.8, 4) is 0 Å². The molecule has 1 unspecified atom stereocenters. The fraction of sp³-hybridized carbons (Fsp3) is 0.857. The van der Waals surface area contributed by atoms with Crippen molar-refractivity contribution in [2.75, 3.05) is 18.6 Å². The minimum absolute atomic E-state index is 0.0152. The Bertz CT molecular complexity index is 261. The summed E-state index contributed by atoms with van der Waals surface area (Å²) in [5.74, 6) is -0.927. The zero-order valence-electron chi connectivity index (χ0n) is 7.71. The van der Waals surface area contributed by atoms with E-state index in [0.29, 0.717) is 13.0 Å². The van der Waals surface area contributed by atoms with Gasteiger partial charge in [-0.15, -0.1) is 11.6 Å². The number of sulfone groups is 1. The molecule has 0 heterocycles. The summed E-state index contributed by atoms with van der Waals surface area (Å²) in [6.07, 6.45) is 1.66. The van der Waals surface area contributed by atoms with E-state index in [-0.39, 0.29) is 5.38 Å². The van der Waals surface area contributed by atoms with Crippen molar-refractivity contribution in [3.05, 3.63) is 0 Å². The van der Waals surface area contributed by atoms with Gasteiger partial charge in [-0.1, -0.05) is 0 Å². The molecule has 0 aliphatic rings. The first kappa shape index (κ1) is 12.7. The Hall–Kier alpha value is -0.290. The van der Waals surface area contributed by atoms with Crippen molar-refractivity contribution in [3.63, 3.8) is 0 Å². The number of halogens is 1. The SMILES string of the molecule is CC(Cl)CCNC(=O)CS(C)(=O)=O. The van der Waals surface area contributed by atoms with Gasteiger partial charge in [0.1, 0.15) is 5.75 Å². The van der Waals surface area contributed by atoms with E-state index < -0.39 is 21.5 Å². The van der Waals surface area contributed by atoms with Crippen LogP contribution >= 0.6 is 11.6 Å². The molecule has 1 N–H and O–H groups in total. The first-order chi connectivity index (χ1) is 5.81. The molecule has 1 atom stereocenters. The Morgan fingerprint density at radius 1 is 1.54 bits per heavy atom. The van der Waals surface area contributed by atoms with Crippen LogP contribution in [0.4, 0.5) is 0 Å². The molecule has 4 nitrogen and oxygen atoms in total. The highest BCUT2D eigenvalue weighted by molar-refractivity contribution is 7.91. The molecule has 0 fully saturated rings. The van der Waals surface area contributed by atoms with Crippen LogP contribution in [0, 0.1) is 0 Å². The lowest BCUT2D eigenvalue weighted by atomic mass is 10.3. The third kappa shape index (κ3) is 9.63. The molecular formula is C7H14ClNO3S. The van der Waals surface area contributed by atoms with Crippen LogP contribution in [0.3, 0.4) is 0 Å². The van der Waals surface area contributed by atoms with Gasteiger partial charge in [-0.05, 0) is 13.3 Å². The van der Waals surface area contributed by atoms with Crippen LogP contribution in [0.5, 0.6) is 0 Å². The molecule has 1 amide bonds. The van der Waals surface area contributed by atoms with E-state index in [0.717, 1.165) is 6.26 Å². The highest BCUT2D eigenvalue weighted by Crippen LogP contribution is 1.97. The summed E-state index contributed by atoms with van der Waals surface area (Å²) < 4.78 is 21.3. The van der Waals surface area contributed by atoms with E-state index in [4.69, 9.17) is 11.6 Å². The normalized spacial score (nSPS) is 13.8. The number of amides is 1. The second-order valence-corrected chi connectivity index (χ2v) is 5.87. The van der Waals surface area contributed by atoms with Crippen molar-refractivity contribution in [1.29, 1.82) is 0 Å². The number of alkyl halides is 1. The van der Waals surface area contributed by atoms with Crippen molar-refractivity contribution in [2.24, 2.45) is 0 Å². The number of hydrogen-bond acceptors (Lipinski definition) is 3. The molecule has 78 valence electrons. The summed E-state index contributed by atoms with van der Waals surface area (Å²) in [6.45, 7) is 2.23. The molecule has 0 rings (SSSR count). The van der Waals surface area contributed by atoms with Gasteiger partial charge in [0.05, 0.1) is 0 Å². The molecule has 0 aliphatic carbocycles. The fourth-order valence-corrected chi connectivity index (χ4v) is 1.39. The molecule has 0 bridgehead atoms. The van der Waals surface area contributed by atoms with Gasteiger partial charge < -0.3 is 5.32 Å². The zero-order chi connectivity index (χ0) is 10.5. The van der Waals surface area contributed by atoms with Crippen LogP contribution in [-0.2, 0) is 14.6 Å². The van der Waals surface area contributed by atoms with Crippen molar-refractivity contribution in [2.45, 2.75) is 18.7 Å². The summed E-state index contributed by atoms with van der Waals surface area (Å²) in [5, 5.41) is 2.45. The predicted octanol–water partition coefficient (Wildman–Crippen LogP) is 0.165. The highest BCUT2D eigenvalue weighted by atomic mass is 35.5. The smallest absolute Gasteiger partial charge is 0.235 e. The van der Waals surface area contributed by atoms with Gasteiger partial charge in [0.2, 0.25) is 5.91 Å². The number of carbonyl (C=O) groups excluding carboxylic acids is 1. The van der Waals surface area contributed by atoms with Crippen LogP contribution < -0.4 is 5.32 Å². The summed E-state index contributed by atoms with van der Waals surface area (Å²) in [4.78, 5) is 10.9. The van der Waals surface area contributed by atoms with Crippen LogP contribution in [0.25, 0.3) is 0 Å². The molecule has 0 aromatic heterocycles. The average Bonchev–Trinajstić information content (AvgIpc) is 1.81. The molecule has 13 heavy (non-hydrogen) atoms. The van der Waals surface area contributed by atoms with E-state index in [9.17, 15) is 13.2 Å². The van der Waals surface area contributed by atoms with E-state index in [2.05, 4.69) is 5.32 Å². The molecule has 0 saturated heterocycles. The minimum atomic E-state index is -3.22. The Kier molecular flexibility index (Phi) is 5.32. The summed E-state index contributed by atoms with van der Waals surface area (Å²) >= 11 is 5.62. The first-order valence-electron chi connectivity index (χ1n) is 3.90. The van der Waals surface area contributed by atoms with Gasteiger partial charge in [0, 0.05) is 18.2 Å². The molecule has 0 aliphatic heterocycles. The number of rotatable bonds is 5. The molecule has 0 radical (unpaired) electrons. The summed E-state index contributed by atoms with van der Waals surface area (Å²) in [5.41, 5.74) is 0. The highest BCUT2D eigenvalue weighted by Gasteiger charge is 2.09. The summed E-state index contributed by atoms with van der Waals surface area (Å²) in [6, 6.07) is 0. The molecule has 0 aromatic carbocycles. The number of hydrogen-bond donors (Lipinski definition) is 1. The van der Waals surface area contributed by atoms with Crippen LogP contribution in [0.15, 0.2) is 0 Å². The van der Waals surface area contributed by atoms with E-state index >= 15 is 0 Å². The third-order valence-corrected chi connectivity index (χ3v) is 2.26. The first-order valence-corrected chi connectivity index (χ1v) is 6.39. The average molecular weight is 228 g/mol. The van der Waals surface area contributed by atoms with Gasteiger partial charge in [-0.25, -0.2) is 8.42 Å². The van der Waals surface area contributed by atoms with Gasteiger partial charge in [-0.2, -0.15) is 0 Å². The molecule has 0 aromatic rings.